The third-order valence-electron chi connectivity index (χ3n) is 4.63. The van der Waals surface area contributed by atoms with Crippen molar-refractivity contribution in [1.29, 1.82) is 0 Å². The van der Waals surface area contributed by atoms with Gasteiger partial charge in [-0.05, 0) is 36.8 Å². The van der Waals surface area contributed by atoms with Crippen molar-refractivity contribution in [1.82, 2.24) is 5.32 Å². The fourth-order valence-corrected chi connectivity index (χ4v) is 3.40. The maximum atomic E-state index is 10.0. The van der Waals surface area contributed by atoms with E-state index in [2.05, 4.69) is 19.2 Å². The van der Waals surface area contributed by atoms with Gasteiger partial charge in [0.05, 0.1) is 5.02 Å². The minimum Gasteiger partial charge on any atom is -0.489 e. The van der Waals surface area contributed by atoms with Crippen LogP contribution >= 0.6 is 11.6 Å². The Bertz CT molecular complexity index is 441. The normalized spacial score (nSPS) is 26.8. The van der Waals surface area contributed by atoms with Gasteiger partial charge in [-0.2, -0.15) is 0 Å². The van der Waals surface area contributed by atoms with Crippen LogP contribution in [0.25, 0.3) is 0 Å². The first-order valence-corrected chi connectivity index (χ1v) is 8.28. The van der Waals surface area contributed by atoms with E-state index in [-0.39, 0.29) is 6.61 Å². The van der Waals surface area contributed by atoms with Crippen LogP contribution in [0.3, 0.4) is 0 Å². The molecule has 1 fully saturated rings. The van der Waals surface area contributed by atoms with Crippen molar-refractivity contribution in [2.75, 3.05) is 13.2 Å². The van der Waals surface area contributed by atoms with Gasteiger partial charge in [-0.25, -0.2) is 0 Å². The van der Waals surface area contributed by atoms with Gasteiger partial charge in [0.1, 0.15) is 18.5 Å². The van der Waals surface area contributed by atoms with Crippen LogP contribution in [0, 0.1) is 11.8 Å². The summed E-state index contributed by atoms with van der Waals surface area (Å²) in [6.07, 6.45) is 3.23. The second-order valence-corrected chi connectivity index (χ2v) is 6.42. The second kappa shape index (κ2) is 8.02. The highest BCUT2D eigenvalue weighted by Crippen LogP contribution is 2.33. The van der Waals surface area contributed by atoms with Crippen LogP contribution < -0.4 is 10.1 Å². The Kier molecular flexibility index (Phi) is 6.34. The van der Waals surface area contributed by atoms with E-state index in [0.717, 1.165) is 5.92 Å². The largest absolute Gasteiger partial charge is 0.489 e. The van der Waals surface area contributed by atoms with Crippen molar-refractivity contribution < 1.29 is 9.84 Å². The lowest BCUT2D eigenvalue weighted by molar-refractivity contribution is 0.102. The van der Waals surface area contributed by atoms with Crippen LogP contribution in [0.5, 0.6) is 5.75 Å². The minimum atomic E-state index is -0.519. The number of aliphatic hydroxyl groups excluding tert-OH is 1. The first-order chi connectivity index (χ1) is 10.1. The Labute approximate surface area is 132 Å². The lowest BCUT2D eigenvalue weighted by atomic mass is 9.93. The molecule has 0 amide bonds. The quantitative estimate of drug-likeness (QED) is 0.810. The topological polar surface area (TPSA) is 41.5 Å². The fraction of sp³-hybridized carbons (Fsp3) is 0.647. The molecule has 118 valence electrons. The molecule has 0 aromatic heterocycles. The molecule has 2 rings (SSSR count). The molecule has 1 aromatic carbocycles. The van der Waals surface area contributed by atoms with Gasteiger partial charge in [0, 0.05) is 12.6 Å². The van der Waals surface area contributed by atoms with E-state index >= 15 is 0 Å². The summed E-state index contributed by atoms with van der Waals surface area (Å²) in [5.41, 5.74) is 0. The van der Waals surface area contributed by atoms with Crippen molar-refractivity contribution in [3.8, 4) is 5.75 Å². The summed E-state index contributed by atoms with van der Waals surface area (Å²) >= 11 is 6.02. The Morgan fingerprint density at radius 1 is 1.38 bits per heavy atom. The first-order valence-electron chi connectivity index (χ1n) is 7.90. The third-order valence-corrected chi connectivity index (χ3v) is 4.95. The Morgan fingerprint density at radius 3 is 2.81 bits per heavy atom. The smallest absolute Gasteiger partial charge is 0.138 e. The van der Waals surface area contributed by atoms with E-state index < -0.39 is 6.10 Å². The van der Waals surface area contributed by atoms with E-state index in [9.17, 15) is 5.11 Å². The molecule has 1 aliphatic carbocycles. The number of nitrogens with one attached hydrogen (secondary N) is 1. The Hall–Kier alpha value is -0.770. The lowest BCUT2D eigenvalue weighted by Crippen LogP contribution is -2.40. The van der Waals surface area contributed by atoms with Gasteiger partial charge in [-0.1, -0.05) is 44.0 Å². The minimum absolute atomic E-state index is 0.259. The summed E-state index contributed by atoms with van der Waals surface area (Å²) in [5, 5.41) is 14.1. The molecule has 0 aliphatic heterocycles. The lowest BCUT2D eigenvalue weighted by Gasteiger charge is -2.22. The summed E-state index contributed by atoms with van der Waals surface area (Å²) in [6, 6.07) is 7.85. The van der Waals surface area contributed by atoms with Crippen LogP contribution in [-0.4, -0.2) is 30.4 Å². The zero-order valence-corrected chi connectivity index (χ0v) is 13.6. The molecule has 0 heterocycles. The van der Waals surface area contributed by atoms with Gasteiger partial charge in [0.2, 0.25) is 0 Å². The van der Waals surface area contributed by atoms with Crippen molar-refractivity contribution in [3.05, 3.63) is 29.3 Å². The molecule has 0 radical (unpaired) electrons. The van der Waals surface area contributed by atoms with Crippen molar-refractivity contribution in [2.45, 2.75) is 45.3 Å². The average Bonchev–Trinajstić information content (AvgIpc) is 2.84. The van der Waals surface area contributed by atoms with Crippen LogP contribution in [0.1, 0.15) is 33.1 Å². The maximum Gasteiger partial charge on any atom is 0.138 e. The third kappa shape index (κ3) is 4.60. The number of hydrogen-bond acceptors (Lipinski definition) is 3. The number of halogens is 1. The van der Waals surface area contributed by atoms with Crippen LogP contribution in [0.15, 0.2) is 24.3 Å². The maximum absolute atomic E-state index is 10.0. The van der Waals surface area contributed by atoms with Crippen molar-refractivity contribution >= 4 is 11.6 Å². The molecule has 4 atom stereocenters. The van der Waals surface area contributed by atoms with E-state index in [1.54, 1.807) is 6.07 Å². The van der Waals surface area contributed by atoms with Crippen LogP contribution in [0.4, 0.5) is 0 Å². The predicted octanol–water partition coefficient (Wildman–Crippen LogP) is 3.49. The molecule has 2 N–H and O–H groups in total. The Balaban J connectivity index is 1.71. The molecule has 4 heteroatoms. The number of rotatable bonds is 7. The molecule has 0 saturated heterocycles. The molecule has 0 spiro atoms. The van der Waals surface area contributed by atoms with E-state index in [1.807, 2.05) is 18.2 Å². The molecule has 21 heavy (non-hydrogen) atoms. The summed E-state index contributed by atoms with van der Waals surface area (Å²) in [7, 11) is 0. The van der Waals surface area contributed by atoms with Crippen molar-refractivity contribution in [2.24, 2.45) is 11.8 Å². The number of benzene rings is 1. The van der Waals surface area contributed by atoms with E-state index in [4.69, 9.17) is 16.3 Å². The average molecular weight is 312 g/mol. The summed E-state index contributed by atoms with van der Waals surface area (Å²) in [4.78, 5) is 0. The zero-order valence-electron chi connectivity index (χ0n) is 12.9. The molecule has 3 nitrogen and oxygen atoms in total. The number of ether oxygens (including phenoxy) is 1. The second-order valence-electron chi connectivity index (χ2n) is 6.01. The van der Waals surface area contributed by atoms with Gasteiger partial charge in [0.15, 0.2) is 0 Å². The highest BCUT2D eigenvalue weighted by molar-refractivity contribution is 6.32. The standard InChI is InChI=1S/C17H26ClNO2/c1-3-13-8-9-16(12(13)2)19-10-14(20)11-21-17-7-5-4-6-15(17)18/h4-7,12-14,16,19-20H,3,8-11H2,1-2H3. The van der Waals surface area contributed by atoms with Gasteiger partial charge >= 0.3 is 0 Å². The first kappa shape index (κ1) is 16.6. The zero-order chi connectivity index (χ0) is 15.2. The summed E-state index contributed by atoms with van der Waals surface area (Å²) in [5.74, 6) is 2.13. The highest BCUT2D eigenvalue weighted by Gasteiger charge is 2.31. The molecule has 1 aliphatic rings. The Morgan fingerprint density at radius 2 is 2.14 bits per heavy atom. The predicted molar refractivity (Wildman–Crippen MR) is 86.9 cm³/mol. The summed E-state index contributed by atoms with van der Waals surface area (Å²) < 4.78 is 5.56. The highest BCUT2D eigenvalue weighted by atomic mass is 35.5. The molecular formula is C17H26ClNO2. The molecule has 1 aromatic rings. The van der Waals surface area contributed by atoms with Gasteiger partial charge in [-0.3, -0.25) is 0 Å². The number of aliphatic hydroxyl groups is 1. The van der Waals surface area contributed by atoms with Crippen molar-refractivity contribution in [3.63, 3.8) is 0 Å². The molecule has 4 unspecified atom stereocenters. The molecule has 0 bridgehead atoms. The van der Waals surface area contributed by atoms with E-state index in [0.29, 0.717) is 29.3 Å². The monoisotopic (exact) mass is 311 g/mol. The molecule has 1 saturated carbocycles. The van der Waals surface area contributed by atoms with Gasteiger partial charge in [-0.15, -0.1) is 0 Å². The van der Waals surface area contributed by atoms with Crippen LogP contribution in [-0.2, 0) is 0 Å². The van der Waals surface area contributed by atoms with E-state index in [1.165, 1.54) is 19.3 Å². The number of para-hydroxylation sites is 1. The number of hydrogen-bond donors (Lipinski definition) is 2. The van der Waals surface area contributed by atoms with Gasteiger partial charge in [0.25, 0.3) is 0 Å². The van der Waals surface area contributed by atoms with Crippen LogP contribution in [0.2, 0.25) is 5.02 Å². The fourth-order valence-electron chi connectivity index (χ4n) is 3.21. The SMILES string of the molecule is CCC1CCC(NCC(O)COc2ccccc2Cl)C1C. The van der Waals surface area contributed by atoms with Gasteiger partial charge < -0.3 is 15.2 Å². The summed E-state index contributed by atoms with van der Waals surface area (Å²) in [6.45, 7) is 5.40. The molecular weight excluding hydrogens is 286 g/mol.